The zero-order valence-electron chi connectivity index (χ0n) is 9.42. The fourth-order valence-electron chi connectivity index (χ4n) is 1.35. The second kappa shape index (κ2) is 6.27. The number of benzene rings is 1. The van der Waals surface area contributed by atoms with Crippen LogP contribution in [0.15, 0.2) is 24.3 Å². The maximum absolute atomic E-state index is 12.1. The van der Waals surface area contributed by atoms with E-state index in [-0.39, 0.29) is 11.3 Å². The van der Waals surface area contributed by atoms with Crippen LogP contribution in [0.3, 0.4) is 0 Å². The fraction of sp³-hybridized carbons (Fsp3) is 0.364. The van der Waals surface area contributed by atoms with E-state index in [1.54, 1.807) is 0 Å². The van der Waals surface area contributed by atoms with Gasteiger partial charge in [0.05, 0.1) is 7.11 Å². The Hall–Kier alpha value is -1.73. The van der Waals surface area contributed by atoms with Gasteiger partial charge in [0.15, 0.2) is 6.10 Å². The third kappa shape index (κ3) is 3.38. The topological polar surface area (TPSA) is 76.0 Å². The van der Waals surface area contributed by atoms with Crippen molar-refractivity contribution in [1.29, 1.82) is 0 Å². The summed E-state index contributed by atoms with van der Waals surface area (Å²) < 4.78 is 32.7. The van der Waals surface area contributed by atoms with Crippen LogP contribution in [0.1, 0.15) is 11.7 Å². The predicted molar refractivity (Wildman–Crippen MR) is 56.1 cm³/mol. The number of rotatable bonds is 5. The van der Waals surface area contributed by atoms with E-state index in [0.29, 0.717) is 0 Å². The lowest BCUT2D eigenvalue weighted by molar-refractivity contribution is -0.156. The Kier molecular flexibility index (Phi) is 4.99. The van der Waals surface area contributed by atoms with E-state index in [9.17, 15) is 23.8 Å². The predicted octanol–water partition coefficient (Wildman–Crippen LogP) is 0.855. The second-order valence-corrected chi connectivity index (χ2v) is 3.33. The van der Waals surface area contributed by atoms with Crippen LogP contribution in [-0.2, 0) is 9.53 Å². The first-order valence-corrected chi connectivity index (χ1v) is 4.95. The van der Waals surface area contributed by atoms with Crippen LogP contribution in [0.2, 0.25) is 0 Å². The molecule has 5 nitrogen and oxygen atoms in total. The van der Waals surface area contributed by atoms with Gasteiger partial charge >= 0.3 is 12.6 Å². The number of hydrogen-bond donors (Lipinski definition) is 2. The molecular weight excluding hydrogens is 250 g/mol. The third-order valence-electron chi connectivity index (χ3n) is 2.20. The molecule has 0 aliphatic heterocycles. The Bertz CT molecular complexity index is 410. The summed E-state index contributed by atoms with van der Waals surface area (Å²) in [5, 5.41) is 19.1. The van der Waals surface area contributed by atoms with E-state index in [4.69, 9.17) is 0 Å². The molecule has 0 fully saturated rings. The molecule has 0 saturated carbocycles. The molecule has 0 bridgehead atoms. The number of aliphatic hydroxyl groups is 2. The normalized spacial score (nSPS) is 14.1. The SMILES string of the molecule is COC(=O)C(O)C(O)c1ccccc1OC(F)F. The van der Waals surface area contributed by atoms with E-state index >= 15 is 0 Å². The number of carbonyl (C=O) groups excluding carboxylic acids is 1. The number of alkyl halides is 2. The first-order valence-electron chi connectivity index (χ1n) is 4.95. The van der Waals surface area contributed by atoms with E-state index in [0.717, 1.165) is 7.11 Å². The molecule has 2 unspecified atom stereocenters. The Labute approximate surface area is 102 Å². The van der Waals surface area contributed by atoms with Crippen LogP contribution in [-0.4, -0.2) is 36.0 Å². The Morgan fingerprint density at radius 3 is 2.44 bits per heavy atom. The van der Waals surface area contributed by atoms with E-state index in [1.807, 2.05) is 0 Å². The molecule has 18 heavy (non-hydrogen) atoms. The Balaban J connectivity index is 2.97. The Morgan fingerprint density at radius 2 is 1.89 bits per heavy atom. The molecule has 0 radical (unpaired) electrons. The molecule has 0 aliphatic rings. The number of halogens is 2. The van der Waals surface area contributed by atoms with Crippen LogP contribution in [0.25, 0.3) is 0 Å². The molecule has 0 aliphatic carbocycles. The van der Waals surface area contributed by atoms with Gasteiger partial charge in [-0.2, -0.15) is 8.78 Å². The molecule has 0 spiro atoms. The van der Waals surface area contributed by atoms with E-state index < -0.39 is 24.8 Å². The van der Waals surface area contributed by atoms with Gasteiger partial charge in [-0.15, -0.1) is 0 Å². The highest BCUT2D eigenvalue weighted by molar-refractivity contribution is 5.75. The summed E-state index contributed by atoms with van der Waals surface area (Å²) in [6.07, 6.45) is -3.59. The quantitative estimate of drug-likeness (QED) is 0.769. The smallest absolute Gasteiger partial charge is 0.387 e. The molecular formula is C11H12F2O5. The average Bonchev–Trinajstić information content (AvgIpc) is 2.36. The number of esters is 1. The van der Waals surface area contributed by atoms with Gasteiger partial charge in [-0.05, 0) is 6.07 Å². The minimum Gasteiger partial charge on any atom is -0.467 e. The van der Waals surface area contributed by atoms with Crippen molar-refractivity contribution in [3.63, 3.8) is 0 Å². The monoisotopic (exact) mass is 262 g/mol. The lowest BCUT2D eigenvalue weighted by Crippen LogP contribution is -2.29. The number of carbonyl (C=O) groups is 1. The van der Waals surface area contributed by atoms with Crippen LogP contribution in [0, 0.1) is 0 Å². The maximum Gasteiger partial charge on any atom is 0.387 e. The molecule has 0 heterocycles. The van der Waals surface area contributed by atoms with Crippen LogP contribution in [0.5, 0.6) is 5.75 Å². The second-order valence-electron chi connectivity index (χ2n) is 3.33. The number of para-hydroxylation sites is 1. The maximum atomic E-state index is 12.1. The highest BCUT2D eigenvalue weighted by atomic mass is 19.3. The van der Waals surface area contributed by atoms with Gasteiger partial charge in [0.1, 0.15) is 11.9 Å². The van der Waals surface area contributed by atoms with Gasteiger partial charge in [-0.25, -0.2) is 4.79 Å². The third-order valence-corrected chi connectivity index (χ3v) is 2.20. The van der Waals surface area contributed by atoms with Crippen LogP contribution >= 0.6 is 0 Å². The zero-order valence-corrected chi connectivity index (χ0v) is 9.42. The number of methoxy groups -OCH3 is 1. The summed E-state index contributed by atoms with van der Waals surface area (Å²) in [4.78, 5) is 11.0. The Morgan fingerprint density at radius 1 is 1.28 bits per heavy atom. The van der Waals surface area contributed by atoms with Gasteiger partial charge in [0.25, 0.3) is 0 Å². The summed E-state index contributed by atoms with van der Waals surface area (Å²) in [5.41, 5.74) is -0.129. The van der Waals surface area contributed by atoms with Gasteiger partial charge in [0, 0.05) is 5.56 Å². The van der Waals surface area contributed by atoms with Crippen molar-refractivity contribution in [2.45, 2.75) is 18.8 Å². The molecule has 2 N–H and O–H groups in total. The van der Waals surface area contributed by atoms with E-state index in [1.165, 1.54) is 24.3 Å². The van der Waals surface area contributed by atoms with Crippen LogP contribution < -0.4 is 4.74 Å². The minimum atomic E-state index is -3.08. The van der Waals surface area contributed by atoms with Crippen molar-refractivity contribution in [2.75, 3.05) is 7.11 Å². The van der Waals surface area contributed by atoms with Crippen molar-refractivity contribution < 1.29 is 33.3 Å². The zero-order chi connectivity index (χ0) is 13.7. The summed E-state index contributed by atoms with van der Waals surface area (Å²) in [6, 6.07) is 5.31. The van der Waals surface area contributed by atoms with Crippen molar-refractivity contribution in [3.05, 3.63) is 29.8 Å². The fourth-order valence-corrected chi connectivity index (χ4v) is 1.35. The van der Waals surface area contributed by atoms with Gasteiger partial charge in [-0.1, -0.05) is 18.2 Å². The summed E-state index contributed by atoms with van der Waals surface area (Å²) in [5.74, 6) is -1.39. The van der Waals surface area contributed by atoms with Crippen molar-refractivity contribution in [1.82, 2.24) is 0 Å². The molecule has 1 aromatic carbocycles. The number of hydrogen-bond acceptors (Lipinski definition) is 5. The molecule has 1 rings (SSSR count). The molecule has 0 amide bonds. The highest BCUT2D eigenvalue weighted by Crippen LogP contribution is 2.28. The van der Waals surface area contributed by atoms with Gasteiger partial charge < -0.3 is 19.7 Å². The largest absolute Gasteiger partial charge is 0.467 e. The average molecular weight is 262 g/mol. The molecule has 2 atom stereocenters. The number of aliphatic hydroxyl groups excluding tert-OH is 2. The summed E-state index contributed by atoms with van der Waals surface area (Å²) in [7, 11) is 1.03. The minimum absolute atomic E-state index is 0.129. The molecule has 0 saturated heterocycles. The van der Waals surface area contributed by atoms with Gasteiger partial charge in [0.2, 0.25) is 0 Å². The van der Waals surface area contributed by atoms with Crippen molar-refractivity contribution in [3.8, 4) is 5.75 Å². The highest BCUT2D eigenvalue weighted by Gasteiger charge is 2.29. The number of ether oxygens (including phenoxy) is 2. The standard InChI is InChI=1S/C11H12F2O5/c1-17-10(16)9(15)8(14)6-4-2-3-5-7(6)18-11(12)13/h2-5,8-9,11,14-15H,1H3. The summed E-state index contributed by atoms with van der Waals surface area (Å²) in [6.45, 7) is -3.08. The molecule has 0 aromatic heterocycles. The first kappa shape index (κ1) is 14.3. The van der Waals surface area contributed by atoms with E-state index in [2.05, 4.69) is 9.47 Å². The first-order chi connectivity index (χ1) is 8.47. The molecule has 100 valence electrons. The van der Waals surface area contributed by atoms with Crippen molar-refractivity contribution in [2.24, 2.45) is 0 Å². The molecule has 1 aromatic rings. The lowest BCUT2D eigenvalue weighted by Gasteiger charge is -2.18. The summed E-state index contributed by atoms with van der Waals surface area (Å²) >= 11 is 0. The van der Waals surface area contributed by atoms with Crippen LogP contribution in [0.4, 0.5) is 8.78 Å². The van der Waals surface area contributed by atoms with Gasteiger partial charge in [-0.3, -0.25) is 0 Å². The van der Waals surface area contributed by atoms with Crippen molar-refractivity contribution >= 4 is 5.97 Å². The molecule has 7 heteroatoms. The lowest BCUT2D eigenvalue weighted by atomic mass is 10.0.